The van der Waals surface area contributed by atoms with E-state index >= 15 is 0 Å². The molecule has 5 rings (SSSR count). The predicted molar refractivity (Wildman–Crippen MR) is 150 cm³/mol. The van der Waals surface area contributed by atoms with Gasteiger partial charge in [0.25, 0.3) is 11.5 Å². The lowest BCUT2D eigenvalue weighted by molar-refractivity contribution is -0.139. The first-order valence-electron chi connectivity index (χ1n) is 11.4. The molecule has 2 aromatic heterocycles. The molecule has 1 aliphatic heterocycles. The number of nitrogens with zero attached hydrogens (tertiary/aromatic N) is 2. The third kappa shape index (κ3) is 5.26. The van der Waals surface area contributed by atoms with E-state index in [1.807, 2.05) is 35.7 Å². The number of carbonyl (C=O) groups excluding carboxylic acids is 1. The second-order valence-electron chi connectivity index (χ2n) is 8.29. The molecule has 4 aromatic rings. The van der Waals surface area contributed by atoms with Crippen LogP contribution in [0.4, 0.5) is 5.69 Å². The molecular weight excluding hydrogens is 590 g/mol. The van der Waals surface area contributed by atoms with Gasteiger partial charge in [0.05, 0.1) is 20.3 Å². The quantitative estimate of drug-likeness (QED) is 0.327. The van der Waals surface area contributed by atoms with E-state index in [-0.39, 0.29) is 11.5 Å². The number of anilines is 1. The Labute approximate surface area is 233 Å². The molecule has 0 saturated carbocycles. The third-order valence-corrected chi connectivity index (χ3v) is 8.24. The van der Waals surface area contributed by atoms with Crippen LogP contribution >= 0.6 is 38.6 Å². The SMILES string of the molecule is CC1=C(C(=O)Nc2ccccc2)[C@H](c2cccs2)n2c(s/c(=C/c3ccc(OCC(=O)O)c(Br)c3)c2=O)=N1. The molecule has 0 fully saturated rings. The van der Waals surface area contributed by atoms with E-state index in [1.54, 1.807) is 47.9 Å². The molecule has 0 aliphatic carbocycles. The number of hydrogen-bond acceptors (Lipinski definition) is 7. The first-order valence-corrected chi connectivity index (χ1v) is 13.9. The van der Waals surface area contributed by atoms with Gasteiger partial charge in [-0.1, -0.05) is 41.7 Å². The number of carbonyl (C=O) groups is 2. The van der Waals surface area contributed by atoms with Crippen LogP contribution in [-0.2, 0) is 9.59 Å². The molecule has 2 aromatic carbocycles. The van der Waals surface area contributed by atoms with Gasteiger partial charge < -0.3 is 15.2 Å². The minimum absolute atomic E-state index is 0.257. The number of aromatic nitrogens is 1. The highest BCUT2D eigenvalue weighted by Crippen LogP contribution is 2.33. The van der Waals surface area contributed by atoms with Gasteiger partial charge in [-0.05, 0) is 70.2 Å². The molecule has 1 amide bonds. The first-order chi connectivity index (χ1) is 18.3. The van der Waals surface area contributed by atoms with Crippen LogP contribution in [-0.4, -0.2) is 28.2 Å². The topological polar surface area (TPSA) is 110 Å². The van der Waals surface area contributed by atoms with Crippen LogP contribution in [0.3, 0.4) is 0 Å². The molecule has 0 unspecified atom stereocenters. The largest absolute Gasteiger partial charge is 0.481 e. The molecule has 1 atom stereocenters. The summed E-state index contributed by atoms with van der Waals surface area (Å²) in [6.45, 7) is 1.32. The smallest absolute Gasteiger partial charge is 0.341 e. The Bertz CT molecular complexity index is 1740. The summed E-state index contributed by atoms with van der Waals surface area (Å²) in [4.78, 5) is 44.0. The molecular formula is C27H20BrN3O5S2. The molecule has 0 saturated heterocycles. The summed E-state index contributed by atoms with van der Waals surface area (Å²) in [6.07, 6.45) is 1.74. The van der Waals surface area contributed by atoms with Gasteiger partial charge >= 0.3 is 5.97 Å². The van der Waals surface area contributed by atoms with Gasteiger partial charge in [-0.2, -0.15) is 0 Å². The average Bonchev–Trinajstić information content (AvgIpc) is 3.52. The molecule has 192 valence electrons. The second kappa shape index (κ2) is 10.9. The number of hydrogen-bond donors (Lipinski definition) is 2. The number of para-hydroxylation sites is 1. The van der Waals surface area contributed by atoms with Crippen molar-refractivity contribution >= 4 is 62.2 Å². The van der Waals surface area contributed by atoms with Crippen molar-refractivity contribution in [2.45, 2.75) is 13.0 Å². The Morgan fingerprint density at radius 3 is 2.66 bits per heavy atom. The number of allylic oxidation sites excluding steroid dienone is 1. The van der Waals surface area contributed by atoms with E-state index in [1.165, 1.54) is 22.7 Å². The highest BCUT2D eigenvalue weighted by atomic mass is 79.9. The molecule has 8 nitrogen and oxygen atoms in total. The van der Waals surface area contributed by atoms with Gasteiger partial charge in [0, 0.05) is 10.6 Å². The fraction of sp³-hybridized carbons (Fsp3) is 0.111. The van der Waals surface area contributed by atoms with Crippen molar-refractivity contribution in [3.8, 4) is 5.75 Å². The van der Waals surface area contributed by atoms with Gasteiger partial charge in [-0.3, -0.25) is 14.2 Å². The third-order valence-electron chi connectivity index (χ3n) is 5.72. The zero-order valence-electron chi connectivity index (χ0n) is 19.9. The van der Waals surface area contributed by atoms with Crippen LogP contribution in [0.5, 0.6) is 5.75 Å². The summed E-state index contributed by atoms with van der Waals surface area (Å²) in [5.41, 5.74) is 2.08. The fourth-order valence-corrected chi connectivity index (χ4v) is 6.44. The standard InChI is InChI=1S/C27H20BrN3O5S2/c1-15-23(25(34)30-17-6-3-2-4-7-17)24(20-8-5-11-37-20)31-26(35)21(38-27(31)29-15)13-16-9-10-19(18(28)12-16)36-14-22(32)33/h2-13,24H,14H2,1H3,(H,30,34)(H,32,33)/b21-13+/t24-/m0/s1. The summed E-state index contributed by atoms with van der Waals surface area (Å²) < 4.78 is 7.85. The number of carboxylic acid groups (broad SMARTS) is 1. The van der Waals surface area contributed by atoms with E-state index < -0.39 is 18.6 Å². The molecule has 0 radical (unpaired) electrons. The van der Waals surface area contributed by atoms with Crippen LogP contribution in [0.25, 0.3) is 6.08 Å². The number of nitrogens with one attached hydrogen (secondary N) is 1. The highest BCUT2D eigenvalue weighted by molar-refractivity contribution is 9.10. The van der Waals surface area contributed by atoms with Crippen molar-refractivity contribution in [1.82, 2.24) is 4.57 Å². The Balaban J connectivity index is 1.56. The van der Waals surface area contributed by atoms with Crippen molar-refractivity contribution in [1.29, 1.82) is 0 Å². The van der Waals surface area contributed by atoms with Gasteiger partial charge in [0.2, 0.25) is 0 Å². The normalized spacial score (nSPS) is 15.1. The average molecular weight is 611 g/mol. The summed E-state index contributed by atoms with van der Waals surface area (Å²) in [7, 11) is 0. The predicted octanol–water partition coefficient (Wildman–Crippen LogP) is 4.16. The van der Waals surface area contributed by atoms with Crippen LogP contribution in [0.2, 0.25) is 0 Å². The lowest BCUT2D eigenvalue weighted by Crippen LogP contribution is -2.40. The van der Waals surface area contributed by atoms with Gasteiger partial charge in [-0.25, -0.2) is 9.79 Å². The van der Waals surface area contributed by atoms with Crippen molar-refractivity contribution in [3.63, 3.8) is 0 Å². The van der Waals surface area contributed by atoms with Crippen molar-refractivity contribution in [3.05, 3.63) is 112 Å². The van der Waals surface area contributed by atoms with Gasteiger partial charge in [-0.15, -0.1) is 11.3 Å². The number of ether oxygens (including phenoxy) is 1. The first kappa shape index (κ1) is 25.8. The number of benzene rings is 2. The monoisotopic (exact) mass is 609 g/mol. The summed E-state index contributed by atoms with van der Waals surface area (Å²) in [5, 5.41) is 13.7. The molecule has 0 spiro atoms. The number of rotatable bonds is 7. The van der Waals surface area contributed by atoms with E-state index in [4.69, 9.17) is 9.84 Å². The Morgan fingerprint density at radius 2 is 1.97 bits per heavy atom. The molecule has 0 bridgehead atoms. The number of amides is 1. The highest BCUT2D eigenvalue weighted by Gasteiger charge is 2.33. The summed E-state index contributed by atoms with van der Waals surface area (Å²) >= 11 is 6.11. The second-order valence-corrected chi connectivity index (χ2v) is 11.1. The van der Waals surface area contributed by atoms with Crippen molar-refractivity contribution < 1.29 is 19.4 Å². The zero-order chi connectivity index (χ0) is 26.8. The van der Waals surface area contributed by atoms with E-state index in [0.29, 0.717) is 36.5 Å². The molecule has 1 aliphatic rings. The van der Waals surface area contributed by atoms with E-state index in [2.05, 4.69) is 26.2 Å². The maximum atomic E-state index is 13.7. The summed E-state index contributed by atoms with van der Waals surface area (Å²) in [6, 6.07) is 17.5. The number of thiazole rings is 1. The molecule has 2 N–H and O–H groups in total. The minimum atomic E-state index is -1.07. The Hall–Kier alpha value is -3.80. The molecule has 11 heteroatoms. The van der Waals surface area contributed by atoms with E-state index in [9.17, 15) is 14.4 Å². The van der Waals surface area contributed by atoms with Crippen LogP contribution < -0.4 is 24.9 Å². The van der Waals surface area contributed by atoms with Crippen molar-refractivity contribution in [2.24, 2.45) is 4.99 Å². The van der Waals surface area contributed by atoms with Gasteiger partial charge in [0.15, 0.2) is 11.4 Å². The minimum Gasteiger partial charge on any atom is -0.481 e. The summed E-state index contributed by atoms with van der Waals surface area (Å²) in [5.74, 6) is -1.01. The number of halogens is 1. The lowest BCUT2D eigenvalue weighted by atomic mass is 10.0. The van der Waals surface area contributed by atoms with Crippen molar-refractivity contribution in [2.75, 3.05) is 11.9 Å². The lowest BCUT2D eigenvalue weighted by Gasteiger charge is -2.24. The van der Waals surface area contributed by atoms with Crippen LogP contribution in [0.1, 0.15) is 23.4 Å². The molecule has 3 heterocycles. The number of fused-ring (bicyclic) bond motifs is 1. The number of thiophene rings is 1. The van der Waals surface area contributed by atoms with Crippen LogP contribution in [0, 0.1) is 0 Å². The van der Waals surface area contributed by atoms with Gasteiger partial charge in [0.1, 0.15) is 11.8 Å². The molecule has 38 heavy (non-hydrogen) atoms. The Morgan fingerprint density at radius 1 is 1.18 bits per heavy atom. The maximum Gasteiger partial charge on any atom is 0.341 e. The zero-order valence-corrected chi connectivity index (χ0v) is 23.1. The maximum absolute atomic E-state index is 13.7. The number of aliphatic carboxylic acids is 1. The Kier molecular flexibility index (Phi) is 7.41. The van der Waals surface area contributed by atoms with E-state index in [0.717, 1.165) is 10.4 Å². The fourth-order valence-electron chi connectivity index (χ4n) is 4.06. The number of carboxylic acids is 1. The van der Waals surface area contributed by atoms with Crippen LogP contribution in [0.15, 0.2) is 91.6 Å².